The van der Waals surface area contributed by atoms with Crippen LogP contribution in [0.2, 0.25) is 0 Å². The van der Waals surface area contributed by atoms with Crippen molar-refractivity contribution in [1.29, 1.82) is 0 Å². The van der Waals surface area contributed by atoms with Gasteiger partial charge < -0.3 is 0 Å². The zero-order chi connectivity index (χ0) is 19.9. The monoisotopic (exact) mass is 400 g/mol. The van der Waals surface area contributed by atoms with E-state index in [2.05, 4.69) is 15.1 Å². The summed E-state index contributed by atoms with van der Waals surface area (Å²) >= 11 is 0. The van der Waals surface area contributed by atoms with Gasteiger partial charge in [0.2, 0.25) is 0 Å². The summed E-state index contributed by atoms with van der Waals surface area (Å²) in [5, 5.41) is 5.60. The SMILES string of the molecule is COC(=O)CCNC(=O)[C@@H]1O[PH](O)(NCCc2ccccc2)OCC1(C)C. The van der Waals surface area contributed by atoms with E-state index in [-0.39, 0.29) is 25.5 Å². The van der Waals surface area contributed by atoms with Gasteiger partial charge in [-0.25, -0.2) is 0 Å². The molecule has 1 aromatic rings. The van der Waals surface area contributed by atoms with Crippen LogP contribution in [0.15, 0.2) is 30.3 Å². The Hall–Kier alpha value is -1.57. The van der Waals surface area contributed by atoms with Gasteiger partial charge >= 0.3 is 160 Å². The second-order valence-electron chi connectivity index (χ2n) is 7.14. The number of hydrogen-bond donors (Lipinski definition) is 3. The summed E-state index contributed by atoms with van der Waals surface area (Å²) in [5.41, 5.74) is 0.506. The van der Waals surface area contributed by atoms with Crippen molar-refractivity contribution in [1.82, 2.24) is 10.4 Å². The molecule has 0 unspecified atom stereocenters. The number of hydrogen-bond acceptors (Lipinski definition) is 7. The molecule has 1 aromatic carbocycles. The average molecular weight is 400 g/mol. The Kier molecular flexibility index (Phi) is 7.70. The molecule has 1 heterocycles. The van der Waals surface area contributed by atoms with Crippen molar-refractivity contribution in [3.05, 3.63) is 35.9 Å². The van der Waals surface area contributed by atoms with Crippen LogP contribution in [0.25, 0.3) is 0 Å². The van der Waals surface area contributed by atoms with Gasteiger partial charge in [0.15, 0.2) is 0 Å². The summed E-state index contributed by atoms with van der Waals surface area (Å²) in [5.74, 6) is -0.793. The summed E-state index contributed by atoms with van der Waals surface area (Å²) in [6.45, 7) is 4.45. The first-order valence-corrected chi connectivity index (χ1v) is 10.7. The van der Waals surface area contributed by atoms with Crippen molar-refractivity contribution in [2.24, 2.45) is 5.41 Å². The molecule has 27 heavy (non-hydrogen) atoms. The molecule has 3 N–H and O–H groups in total. The second kappa shape index (κ2) is 9.57. The predicted octanol–water partition coefficient (Wildman–Crippen LogP) is 1.34. The van der Waals surface area contributed by atoms with Crippen LogP contribution in [-0.2, 0) is 29.8 Å². The molecular weight excluding hydrogens is 371 g/mol. The third kappa shape index (κ3) is 6.52. The Balaban J connectivity index is 1.89. The van der Waals surface area contributed by atoms with Gasteiger partial charge in [0.25, 0.3) is 0 Å². The summed E-state index contributed by atoms with van der Waals surface area (Å²) < 4.78 is 15.8. The molecule has 1 saturated heterocycles. The average Bonchev–Trinajstić information content (AvgIpc) is 2.64. The van der Waals surface area contributed by atoms with Crippen LogP contribution < -0.4 is 10.4 Å². The molecule has 0 radical (unpaired) electrons. The second-order valence-corrected chi connectivity index (χ2v) is 9.18. The van der Waals surface area contributed by atoms with Gasteiger partial charge in [0.1, 0.15) is 0 Å². The van der Waals surface area contributed by atoms with Crippen molar-refractivity contribution in [2.75, 3.05) is 26.8 Å². The van der Waals surface area contributed by atoms with E-state index in [1.54, 1.807) is 0 Å². The third-order valence-electron chi connectivity index (χ3n) is 4.33. The molecule has 152 valence electrons. The maximum absolute atomic E-state index is 12.5. The van der Waals surface area contributed by atoms with Gasteiger partial charge in [-0.05, 0) is 0 Å². The van der Waals surface area contributed by atoms with E-state index in [0.29, 0.717) is 13.0 Å². The molecule has 0 bridgehead atoms. The zero-order valence-electron chi connectivity index (χ0n) is 16.0. The van der Waals surface area contributed by atoms with E-state index in [9.17, 15) is 14.5 Å². The minimum absolute atomic E-state index is 0.0723. The molecule has 8 nitrogen and oxygen atoms in total. The molecule has 0 aromatic heterocycles. The van der Waals surface area contributed by atoms with Gasteiger partial charge in [0, 0.05) is 0 Å². The Morgan fingerprint density at radius 1 is 1.30 bits per heavy atom. The Labute approximate surface area is 160 Å². The standard InChI is InChI=1S/C18H29N2O6P/c1-18(2)13-25-27(23,20-12-9-14-7-5-4-6-8-14)26-16(18)17(22)19-11-10-15(21)24-3/h4-8,16,20,23,27H,9-13H2,1-3H3,(H,19,22)/t16-/m0/s1. The fraction of sp³-hybridized carbons (Fsp3) is 0.556. The number of carbonyl (C=O) groups is 2. The summed E-state index contributed by atoms with van der Waals surface area (Å²) in [6.07, 6.45) is -0.115. The van der Waals surface area contributed by atoms with Crippen LogP contribution in [0.1, 0.15) is 25.8 Å². The van der Waals surface area contributed by atoms with Crippen LogP contribution in [0.3, 0.4) is 0 Å². The summed E-state index contributed by atoms with van der Waals surface area (Å²) in [7, 11) is -2.38. The maximum atomic E-state index is 12.5. The van der Waals surface area contributed by atoms with Gasteiger partial charge in [-0.2, -0.15) is 0 Å². The van der Waals surface area contributed by atoms with Gasteiger partial charge in [-0.15, -0.1) is 0 Å². The first-order valence-electron chi connectivity index (χ1n) is 8.93. The van der Waals surface area contributed by atoms with E-state index >= 15 is 0 Å². The molecule has 9 heteroatoms. The molecule has 1 amide bonds. The Morgan fingerprint density at radius 2 is 2.00 bits per heavy atom. The van der Waals surface area contributed by atoms with E-state index in [0.717, 1.165) is 5.56 Å². The van der Waals surface area contributed by atoms with Crippen molar-refractivity contribution < 1.29 is 28.3 Å². The molecule has 0 spiro atoms. The van der Waals surface area contributed by atoms with Crippen LogP contribution in [-0.4, -0.2) is 49.7 Å². The number of carbonyl (C=O) groups excluding carboxylic acids is 2. The van der Waals surface area contributed by atoms with Crippen molar-refractivity contribution >= 4 is 20.0 Å². The fourth-order valence-corrected chi connectivity index (χ4v) is 4.71. The van der Waals surface area contributed by atoms with Crippen LogP contribution >= 0.6 is 8.09 Å². The normalized spacial score (nSPS) is 21.9. The summed E-state index contributed by atoms with van der Waals surface area (Å²) in [6, 6.07) is 9.84. The number of rotatable bonds is 8. The van der Waals surface area contributed by atoms with Crippen molar-refractivity contribution in [3.8, 4) is 0 Å². The molecule has 1 atom stereocenters. The predicted molar refractivity (Wildman–Crippen MR) is 103 cm³/mol. The van der Waals surface area contributed by atoms with Crippen LogP contribution in [0, 0.1) is 5.41 Å². The number of esters is 1. The number of nitrogens with one attached hydrogen (secondary N) is 2. The molecule has 1 aliphatic rings. The van der Waals surface area contributed by atoms with Crippen molar-refractivity contribution in [3.63, 3.8) is 0 Å². The van der Waals surface area contributed by atoms with Crippen LogP contribution in [0.4, 0.5) is 0 Å². The van der Waals surface area contributed by atoms with Gasteiger partial charge in [-0.1, -0.05) is 0 Å². The van der Waals surface area contributed by atoms with E-state index < -0.39 is 25.6 Å². The number of ether oxygens (including phenoxy) is 1. The fourth-order valence-electron chi connectivity index (χ4n) is 2.71. The van der Waals surface area contributed by atoms with Gasteiger partial charge in [0.05, 0.1) is 0 Å². The topological polar surface area (TPSA) is 106 Å². The quantitative estimate of drug-likeness (QED) is 0.447. The van der Waals surface area contributed by atoms with Gasteiger partial charge in [-0.3, -0.25) is 0 Å². The molecule has 1 aliphatic heterocycles. The molecule has 1 fully saturated rings. The zero-order valence-corrected chi connectivity index (χ0v) is 17.0. The first-order chi connectivity index (χ1) is 12.8. The molecule has 0 aliphatic carbocycles. The Morgan fingerprint density at radius 3 is 2.67 bits per heavy atom. The number of benzene rings is 1. The van der Waals surface area contributed by atoms with E-state index in [1.165, 1.54) is 7.11 Å². The van der Waals surface area contributed by atoms with Crippen LogP contribution in [0.5, 0.6) is 0 Å². The number of amides is 1. The van der Waals surface area contributed by atoms with Crippen molar-refractivity contribution in [2.45, 2.75) is 32.8 Å². The summed E-state index contributed by atoms with van der Waals surface area (Å²) in [4.78, 5) is 34.4. The van der Waals surface area contributed by atoms with E-state index in [1.807, 2.05) is 44.2 Å². The minimum atomic E-state index is -3.68. The third-order valence-corrected chi connectivity index (χ3v) is 6.11. The molecule has 0 saturated carbocycles. The molecular formula is C18H29N2O6P. The first kappa shape index (κ1) is 21.7. The van der Waals surface area contributed by atoms with E-state index in [4.69, 9.17) is 9.05 Å². The number of methoxy groups -OCH3 is 1. The Bertz CT molecular complexity index is 642. The molecule has 2 rings (SSSR count).